The first-order valence-electron chi connectivity index (χ1n) is 6.65. The molecule has 2 rings (SSSR count). The number of thioether (sulfide) groups is 1. The van der Waals surface area contributed by atoms with E-state index in [4.69, 9.17) is 4.74 Å². The van der Waals surface area contributed by atoms with Gasteiger partial charge in [-0.2, -0.15) is 0 Å². The van der Waals surface area contributed by atoms with Gasteiger partial charge >= 0.3 is 0 Å². The molecule has 1 atom stereocenters. The highest BCUT2D eigenvalue weighted by Crippen LogP contribution is 2.22. The molecule has 0 aliphatic carbocycles. The normalized spacial score (nSPS) is 11.7. The van der Waals surface area contributed by atoms with Gasteiger partial charge in [0.2, 0.25) is 5.91 Å². The third-order valence-corrected chi connectivity index (χ3v) is 3.97. The van der Waals surface area contributed by atoms with E-state index < -0.39 is 0 Å². The summed E-state index contributed by atoms with van der Waals surface area (Å²) in [6, 6.07) is 11.5. The number of nitrogens with zero attached hydrogens (tertiary/aromatic N) is 1. The van der Waals surface area contributed by atoms with E-state index in [0.29, 0.717) is 5.75 Å². The molecule has 1 N–H and O–H groups in total. The zero-order chi connectivity index (χ0) is 15.1. The van der Waals surface area contributed by atoms with Crippen LogP contribution in [0.3, 0.4) is 0 Å². The predicted octanol–water partition coefficient (Wildman–Crippen LogP) is 3.06. The summed E-state index contributed by atoms with van der Waals surface area (Å²) in [5.74, 6) is 1.17. The molecule has 0 fully saturated rings. The summed E-state index contributed by atoms with van der Waals surface area (Å²) in [6.45, 7) is 1.95. The summed E-state index contributed by atoms with van der Waals surface area (Å²) in [5, 5.41) is 2.96. The molecule has 0 saturated carbocycles. The minimum atomic E-state index is -0.0443. The molecular weight excluding hydrogens is 284 g/mol. The van der Waals surface area contributed by atoms with E-state index in [1.807, 2.05) is 43.3 Å². The summed E-state index contributed by atoms with van der Waals surface area (Å²) < 4.78 is 5.16. The maximum absolute atomic E-state index is 12.0. The number of hydrogen-bond acceptors (Lipinski definition) is 4. The van der Waals surface area contributed by atoms with Gasteiger partial charge in [0.1, 0.15) is 5.75 Å². The van der Waals surface area contributed by atoms with Gasteiger partial charge in [0.25, 0.3) is 0 Å². The van der Waals surface area contributed by atoms with Crippen LogP contribution in [0.2, 0.25) is 0 Å². The highest BCUT2D eigenvalue weighted by atomic mass is 32.2. The first kappa shape index (κ1) is 15.4. The van der Waals surface area contributed by atoms with E-state index in [1.54, 1.807) is 19.5 Å². The molecule has 5 heteroatoms. The van der Waals surface area contributed by atoms with Crippen molar-refractivity contribution in [2.24, 2.45) is 0 Å². The number of carbonyl (C=O) groups is 1. The summed E-state index contributed by atoms with van der Waals surface area (Å²) in [7, 11) is 1.63. The molecule has 1 aromatic heterocycles. The van der Waals surface area contributed by atoms with Crippen molar-refractivity contribution in [3.8, 4) is 5.75 Å². The Morgan fingerprint density at radius 1 is 1.38 bits per heavy atom. The van der Waals surface area contributed by atoms with Gasteiger partial charge in [-0.05, 0) is 36.8 Å². The van der Waals surface area contributed by atoms with E-state index >= 15 is 0 Å². The zero-order valence-corrected chi connectivity index (χ0v) is 12.9. The number of rotatable bonds is 6. The van der Waals surface area contributed by atoms with Crippen LogP contribution in [0.5, 0.6) is 5.75 Å². The fourth-order valence-corrected chi connectivity index (χ4v) is 2.59. The molecule has 21 heavy (non-hydrogen) atoms. The van der Waals surface area contributed by atoms with E-state index in [9.17, 15) is 4.79 Å². The molecule has 0 saturated heterocycles. The van der Waals surface area contributed by atoms with Gasteiger partial charge in [0.05, 0.1) is 18.9 Å². The number of nitrogens with one attached hydrogen (secondary N) is 1. The molecule has 0 radical (unpaired) electrons. The van der Waals surface area contributed by atoms with E-state index in [-0.39, 0.29) is 11.9 Å². The standard InChI is InChI=1S/C16H18N2O2S/c1-12(13-5-4-8-17-10-13)18-16(19)11-21-15-7-3-6-14(9-15)20-2/h3-10,12H,11H2,1-2H3,(H,18,19). The van der Waals surface area contributed by atoms with Crippen LogP contribution in [0, 0.1) is 0 Å². The molecule has 0 spiro atoms. The first-order valence-corrected chi connectivity index (χ1v) is 7.63. The molecule has 0 bridgehead atoms. The molecule has 1 aromatic carbocycles. The van der Waals surface area contributed by atoms with Crippen molar-refractivity contribution < 1.29 is 9.53 Å². The molecular formula is C16H18N2O2S. The summed E-state index contributed by atoms with van der Waals surface area (Å²) in [6.07, 6.45) is 3.48. The Kier molecular flexibility index (Phi) is 5.63. The first-order chi connectivity index (χ1) is 10.2. The highest BCUT2D eigenvalue weighted by Gasteiger charge is 2.10. The smallest absolute Gasteiger partial charge is 0.230 e. The van der Waals surface area contributed by atoms with E-state index in [2.05, 4.69) is 10.3 Å². The number of carbonyl (C=O) groups excluding carboxylic acids is 1. The van der Waals surface area contributed by atoms with Crippen molar-refractivity contribution in [1.82, 2.24) is 10.3 Å². The van der Waals surface area contributed by atoms with E-state index in [0.717, 1.165) is 16.2 Å². The highest BCUT2D eigenvalue weighted by molar-refractivity contribution is 8.00. The van der Waals surface area contributed by atoms with Gasteiger partial charge in [-0.1, -0.05) is 12.1 Å². The Bertz CT molecular complexity index is 590. The quantitative estimate of drug-likeness (QED) is 0.833. The molecule has 0 aliphatic rings. The number of amides is 1. The average Bonchev–Trinajstić information content (AvgIpc) is 2.54. The fourth-order valence-electron chi connectivity index (χ4n) is 1.84. The summed E-state index contributed by atoms with van der Waals surface area (Å²) in [4.78, 5) is 17.0. The monoisotopic (exact) mass is 302 g/mol. The molecule has 110 valence electrons. The minimum Gasteiger partial charge on any atom is -0.497 e. The van der Waals surface area contributed by atoms with Gasteiger partial charge < -0.3 is 10.1 Å². The Morgan fingerprint density at radius 2 is 2.24 bits per heavy atom. The summed E-state index contributed by atoms with van der Waals surface area (Å²) in [5.41, 5.74) is 0.997. The van der Waals surface area contributed by atoms with Gasteiger partial charge in [-0.3, -0.25) is 9.78 Å². The number of ether oxygens (including phenoxy) is 1. The number of aromatic nitrogens is 1. The van der Waals surface area contributed by atoms with Gasteiger partial charge in [0, 0.05) is 17.3 Å². The van der Waals surface area contributed by atoms with Crippen LogP contribution < -0.4 is 10.1 Å². The third-order valence-electron chi connectivity index (χ3n) is 2.97. The second-order valence-electron chi connectivity index (χ2n) is 4.54. The van der Waals surface area contributed by atoms with Crippen LogP contribution in [-0.4, -0.2) is 23.8 Å². The van der Waals surface area contributed by atoms with Crippen LogP contribution in [0.1, 0.15) is 18.5 Å². The second-order valence-corrected chi connectivity index (χ2v) is 5.59. The van der Waals surface area contributed by atoms with Gasteiger partial charge in [-0.15, -0.1) is 11.8 Å². The minimum absolute atomic E-state index is 0.000766. The van der Waals surface area contributed by atoms with Crippen LogP contribution in [0.4, 0.5) is 0 Å². The molecule has 4 nitrogen and oxygen atoms in total. The van der Waals surface area contributed by atoms with Gasteiger partial charge in [0.15, 0.2) is 0 Å². The largest absolute Gasteiger partial charge is 0.497 e. The molecule has 0 aliphatic heterocycles. The summed E-state index contributed by atoms with van der Waals surface area (Å²) >= 11 is 1.49. The van der Waals surface area contributed by atoms with Crippen molar-refractivity contribution in [3.05, 3.63) is 54.4 Å². The topological polar surface area (TPSA) is 51.2 Å². The van der Waals surface area contributed by atoms with Crippen LogP contribution in [-0.2, 0) is 4.79 Å². The Balaban J connectivity index is 1.84. The zero-order valence-electron chi connectivity index (χ0n) is 12.1. The lowest BCUT2D eigenvalue weighted by molar-refractivity contribution is -0.119. The van der Waals surface area contributed by atoms with Crippen molar-refractivity contribution in [2.45, 2.75) is 17.9 Å². The lowest BCUT2D eigenvalue weighted by Crippen LogP contribution is -2.28. The van der Waals surface area contributed by atoms with Crippen molar-refractivity contribution in [1.29, 1.82) is 0 Å². The average molecular weight is 302 g/mol. The SMILES string of the molecule is COc1cccc(SCC(=O)NC(C)c2cccnc2)c1. The molecule has 1 amide bonds. The third kappa shape index (κ3) is 4.79. The molecule has 1 unspecified atom stereocenters. The molecule has 1 heterocycles. The molecule has 2 aromatic rings. The maximum atomic E-state index is 12.0. The number of benzene rings is 1. The van der Waals surface area contributed by atoms with Crippen LogP contribution >= 0.6 is 11.8 Å². The second kappa shape index (κ2) is 7.69. The van der Waals surface area contributed by atoms with Crippen molar-refractivity contribution in [3.63, 3.8) is 0 Å². The lowest BCUT2D eigenvalue weighted by Gasteiger charge is -2.13. The Labute approximate surface area is 128 Å². The number of hydrogen-bond donors (Lipinski definition) is 1. The maximum Gasteiger partial charge on any atom is 0.230 e. The van der Waals surface area contributed by atoms with Crippen LogP contribution in [0.15, 0.2) is 53.7 Å². The number of pyridine rings is 1. The predicted molar refractivity (Wildman–Crippen MR) is 84.5 cm³/mol. The lowest BCUT2D eigenvalue weighted by atomic mass is 10.1. The Morgan fingerprint density at radius 3 is 2.95 bits per heavy atom. The van der Waals surface area contributed by atoms with Crippen molar-refractivity contribution in [2.75, 3.05) is 12.9 Å². The van der Waals surface area contributed by atoms with Gasteiger partial charge in [-0.25, -0.2) is 0 Å². The fraction of sp³-hybridized carbons (Fsp3) is 0.250. The van der Waals surface area contributed by atoms with Crippen LogP contribution in [0.25, 0.3) is 0 Å². The number of methoxy groups -OCH3 is 1. The Hall–Kier alpha value is -2.01. The van der Waals surface area contributed by atoms with Crippen molar-refractivity contribution >= 4 is 17.7 Å². The van der Waals surface area contributed by atoms with E-state index in [1.165, 1.54) is 11.8 Å².